The van der Waals surface area contributed by atoms with Gasteiger partial charge < -0.3 is 4.74 Å². The maximum Gasteiger partial charge on any atom is 0.168 e. The number of hydrogen-bond donors (Lipinski definition) is 0. The van der Waals surface area contributed by atoms with Crippen LogP contribution in [0, 0.1) is 6.92 Å². The summed E-state index contributed by atoms with van der Waals surface area (Å²) in [4.78, 5) is 12.1. The van der Waals surface area contributed by atoms with Crippen LogP contribution in [0.3, 0.4) is 0 Å². The highest BCUT2D eigenvalue weighted by Gasteiger charge is 2.30. The van der Waals surface area contributed by atoms with E-state index in [0.29, 0.717) is 17.9 Å². The zero-order chi connectivity index (χ0) is 13.1. The van der Waals surface area contributed by atoms with E-state index in [0.717, 1.165) is 11.1 Å². The standard InChI is InChI=1S/C14H19ClO2/c1-5-14(3,17-4)13(16)9-11-7-6-10(2)8-12(11)15/h6-8H,5,9H2,1-4H3. The van der Waals surface area contributed by atoms with E-state index in [4.69, 9.17) is 16.3 Å². The molecule has 0 amide bonds. The lowest BCUT2D eigenvalue weighted by Gasteiger charge is -2.25. The molecule has 0 aliphatic rings. The quantitative estimate of drug-likeness (QED) is 0.803. The lowest BCUT2D eigenvalue weighted by atomic mass is 9.92. The number of rotatable bonds is 5. The van der Waals surface area contributed by atoms with Crippen molar-refractivity contribution in [2.24, 2.45) is 0 Å². The molecular weight excluding hydrogens is 236 g/mol. The van der Waals surface area contributed by atoms with Gasteiger partial charge in [0, 0.05) is 18.6 Å². The summed E-state index contributed by atoms with van der Waals surface area (Å²) in [5.74, 6) is 0.0632. The predicted octanol–water partition coefficient (Wildman–Crippen LogP) is 3.58. The van der Waals surface area contributed by atoms with Crippen molar-refractivity contribution < 1.29 is 9.53 Å². The molecule has 0 heterocycles. The summed E-state index contributed by atoms with van der Waals surface area (Å²) in [6.45, 7) is 5.73. The number of halogens is 1. The zero-order valence-electron chi connectivity index (χ0n) is 10.8. The van der Waals surface area contributed by atoms with Crippen LogP contribution in [0.5, 0.6) is 0 Å². The SMILES string of the molecule is CCC(C)(OC)C(=O)Cc1ccc(C)cc1Cl. The van der Waals surface area contributed by atoms with E-state index in [1.54, 1.807) is 7.11 Å². The predicted molar refractivity (Wildman–Crippen MR) is 70.6 cm³/mol. The van der Waals surface area contributed by atoms with Crippen molar-refractivity contribution in [3.8, 4) is 0 Å². The molecule has 0 aliphatic heterocycles. The van der Waals surface area contributed by atoms with Gasteiger partial charge in [-0.05, 0) is 37.5 Å². The van der Waals surface area contributed by atoms with E-state index in [-0.39, 0.29) is 5.78 Å². The van der Waals surface area contributed by atoms with Crippen LogP contribution in [0.15, 0.2) is 18.2 Å². The minimum absolute atomic E-state index is 0.0632. The van der Waals surface area contributed by atoms with Gasteiger partial charge >= 0.3 is 0 Å². The highest BCUT2D eigenvalue weighted by molar-refractivity contribution is 6.31. The smallest absolute Gasteiger partial charge is 0.168 e. The molecule has 1 aromatic carbocycles. The molecule has 0 saturated heterocycles. The summed E-state index contributed by atoms with van der Waals surface area (Å²) in [6, 6.07) is 5.74. The van der Waals surface area contributed by atoms with Crippen molar-refractivity contribution in [1.82, 2.24) is 0 Å². The Balaban J connectivity index is 2.88. The van der Waals surface area contributed by atoms with Crippen molar-refractivity contribution in [3.05, 3.63) is 34.3 Å². The fraction of sp³-hybridized carbons (Fsp3) is 0.500. The van der Waals surface area contributed by atoms with Gasteiger partial charge in [-0.15, -0.1) is 0 Å². The number of carbonyl (C=O) groups is 1. The van der Waals surface area contributed by atoms with Crippen molar-refractivity contribution in [1.29, 1.82) is 0 Å². The van der Waals surface area contributed by atoms with E-state index in [1.807, 2.05) is 39.0 Å². The topological polar surface area (TPSA) is 26.3 Å². The van der Waals surface area contributed by atoms with E-state index in [1.165, 1.54) is 0 Å². The molecule has 3 heteroatoms. The molecule has 1 rings (SSSR count). The normalized spacial score (nSPS) is 14.4. The molecule has 1 aromatic rings. The van der Waals surface area contributed by atoms with E-state index in [9.17, 15) is 4.79 Å². The van der Waals surface area contributed by atoms with Crippen molar-refractivity contribution in [3.63, 3.8) is 0 Å². The van der Waals surface area contributed by atoms with Gasteiger partial charge in [0.05, 0.1) is 0 Å². The number of ketones is 1. The molecule has 0 fully saturated rings. The molecular formula is C14H19ClO2. The number of ether oxygens (including phenoxy) is 1. The Hall–Kier alpha value is -0.860. The van der Waals surface area contributed by atoms with Crippen LogP contribution >= 0.6 is 11.6 Å². The first-order valence-corrected chi connectivity index (χ1v) is 6.14. The Bertz CT molecular complexity index is 409. The summed E-state index contributed by atoms with van der Waals surface area (Å²) < 4.78 is 5.29. The molecule has 1 unspecified atom stereocenters. The molecule has 0 aromatic heterocycles. The summed E-state index contributed by atoms with van der Waals surface area (Å²) in [6.07, 6.45) is 0.975. The van der Waals surface area contributed by atoms with Gasteiger partial charge in [-0.1, -0.05) is 30.7 Å². The fourth-order valence-corrected chi connectivity index (χ4v) is 1.91. The summed E-state index contributed by atoms with van der Waals surface area (Å²) in [7, 11) is 1.57. The summed E-state index contributed by atoms with van der Waals surface area (Å²) in [5, 5.41) is 0.646. The minimum atomic E-state index is -0.714. The number of Topliss-reactive ketones (excluding diaryl/α,β-unsaturated/α-hetero) is 1. The van der Waals surface area contributed by atoms with Crippen LogP contribution in [0.2, 0.25) is 5.02 Å². The largest absolute Gasteiger partial charge is 0.371 e. The molecule has 0 saturated carbocycles. The Morgan fingerprint density at radius 3 is 2.59 bits per heavy atom. The highest BCUT2D eigenvalue weighted by Crippen LogP contribution is 2.23. The molecule has 0 aliphatic carbocycles. The van der Waals surface area contributed by atoms with Crippen molar-refractivity contribution in [2.75, 3.05) is 7.11 Å². The monoisotopic (exact) mass is 254 g/mol. The molecule has 1 atom stereocenters. The number of benzene rings is 1. The second kappa shape index (κ2) is 5.65. The molecule has 0 spiro atoms. The first-order chi connectivity index (χ1) is 7.92. The highest BCUT2D eigenvalue weighted by atomic mass is 35.5. The second-order valence-electron chi connectivity index (χ2n) is 4.48. The van der Waals surface area contributed by atoms with Crippen molar-refractivity contribution >= 4 is 17.4 Å². The van der Waals surface area contributed by atoms with Gasteiger partial charge in [0.15, 0.2) is 5.78 Å². The minimum Gasteiger partial charge on any atom is -0.371 e. The molecule has 0 radical (unpaired) electrons. The first kappa shape index (κ1) is 14.2. The fourth-order valence-electron chi connectivity index (χ4n) is 1.61. The number of carbonyl (C=O) groups excluding carboxylic acids is 1. The average Bonchev–Trinajstić information content (AvgIpc) is 2.31. The average molecular weight is 255 g/mol. The zero-order valence-corrected chi connectivity index (χ0v) is 11.6. The number of hydrogen-bond acceptors (Lipinski definition) is 2. The van der Waals surface area contributed by atoms with E-state index >= 15 is 0 Å². The third kappa shape index (κ3) is 3.30. The molecule has 2 nitrogen and oxygen atoms in total. The maximum absolute atomic E-state index is 12.1. The van der Waals surface area contributed by atoms with Gasteiger partial charge in [0.25, 0.3) is 0 Å². The Kier molecular flexibility index (Phi) is 4.72. The molecule has 17 heavy (non-hydrogen) atoms. The Morgan fingerprint density at radius 2 is 2.12 bits per heavy atom. The van der Waals surface area contributed by atoms with Crippen molar-refractivity contribution in [2.45, 2.75) is 39.2 Å². The first-order valence-electron chi connectivity index (χ1n) is 5.76. The lowest BCUT2D eigenvalue weighted by molar-refractivity contribution is -0.138. The van der Waals surface area contributed by atoms with Gasteiger partial charge in [-0.2, -0.15) is 0 Å². The van der Waals surface area contributed by atoms with Crippen LogP contribution in [0.4, 0.5) is 0 Å². The van der Waals surface area contributed by atoms with Crippen LogP contribution in [-0.4, -0.2) is 18.5 Å². The van der Waals surface area contributed by atoms with Gasteiger partial charge in [-0.25, -0.2) is 0 Å². The number of methoxy groups -OCH3 is 1. The van der Waals surface area contributed by atoms with Crippen LogP contribution in [-0.2, 0) is 16.0 Å². The third-order valence-corrected chi connectivity index (χ3v) is 3.63. The lowest BCUT2D eigenvalue weighted by Crippen LogP contribution is -2.37. The van der Waals surface area contributed by atoms with Gasteiger partial charge in [-0.3, -0.25) is 4.79 Å². The number of aryl methyl sites for hydroxylation is 1. The molecule has 0 bridgehead atoms. The third-order valence-electron chi connectivity index (χ3n) is 3.27. The summed E-state index contributed by atoms with van der Waals surface area (Å²) in [5.41, 5.74) is 1.24. The van der Waals surface area contributed by atoms with Crippen LogP contribution < -0.4 is 0 Å². The maximum atomic E-state index is 12.1. The van der Waals surface area contributed by atoms with Crippen LogP contribution in [0.1, 0.15) is 31.4 Å². The van der Waals surface area contributed by atoms with Crippen LogP contribution in [0.25, 0.3) is 0 Å². The van der Waals surface area contributed by atoms with E-state index < -0.39 is 5.60 Å². The van der Waals surface area contributed by atoms with Gasteiger partial charge in [0.1, 0.15) is 5.60 Å². The van der Waals surface area contributed by atoms with E-state index in [2.05, 4.69) is 0 Å². The summed E-state index contributed by atoms with van der Waals surface area (Å²) >= 11 is 6.12. The Labute approximate surface area is 108 Å². The second-order valence-corrected chi connectivity index (χ2v) is 4.89. The van der Waals surface area contributed by atoms with Gasteiger partial charge in [0.2, 0.25) is 0 Å². The Morgan fingerprint density at radius 1 is 1.47 bits per heavy atom. The molecule has 94 valence electrons. The molecule has 0 N–H and O–H groups in total.